The van der Waals surface area contributed by atoms with Crippen molar-refractivity contribution in [3.05, 3.63) is 53.3 Å². The highest BCUT2D eigenvalue weighted by Gasteiger charge is 2.18. The summed E-state index contributed by atoms with van der Waals surface area (Å²) in [6.07, 6.45) is 0.908. The van der Waals surface area contributed by atoms with Crippen LogP contribution in [0.4, 0.5) is 15.8 Å². The second-order valence-corrected chi connectivity index (χ2v) is 7.28. The van der Waals surface area contributed by atoms with Crippen LogP contribution in [0, 0.1) is 5.82 Å². The summed E-state index contributed by atoms with van der Waals surface area (Å²) < 4.78 is 19.0. The average Bonchev–Trinajstić information content (AvgIpc) is 2.72. The van der Waals surface area contributed by atoms with Crippen molar-refractivity contribution in [2.24, 2.45) is 10.7 Å². The van der Waals surface area contributed by atoms with Crippen molar-refractivity contribution in [3.8, 4) is 5.75 Å². The fourth-order valence-electron chi connectivity index (χ4n) is 3.35. The molecule has 156 valence electrons. The second-order valence-electron chi connectivity index (χ2n) is 6.87. The third-order valence-electron chi connectivity index (χ3n) is 4.90. The average molecular weight is 420 g/mol. The molecule has 1 fully saturated rings. The molecule has 2 aromatic rings. The number of nitrogens with one attached hydrogen (secondary N) is 1. The van der Waals surface area contributed by atoms with Gasteiger partial charge in [-0.1, -0.05) is 23.7 Å². The number of hydrogen-bond acceptors (Lipinski definition) is 4. The van der Waals surface area contributed by atoms with Crippen LogP contribution < -0.4 is 20.7 Å². The molecule has 0 aromatic heterocycles. The molecule has 2 aromatic carbocycles. The number of nitrogens with zero attached hydrogens (tertiary/aromatic N) is 3. The van der Waals surface area contributed by atoms with Gasteiger partial charge in [-0.05, 0) is 36.8 Å². The van der Waals surface area contributed by atoms with E-state index in [2.05, 4.69) is 20.1 Å². The van der Waals surface area contributed by atoms with E-state index in [1.54, 1.807) is 25.3 Å². The summed E-state index contributed by atoms with van der Waals surface area (Å²) in [7, 11) is 1.57. The molecule has 1 saturated heterocycles. The van der Waals surface area contributed by atoms with Crippen LogP contribution in [-0.2, 0) is 0 Å². The van der Waals surface area contributed by atoms with E-state index in [1.807, 2.05) is 18.2 Å². The van der Waals surface area contributed by atoms with Gasteiger partial charge >= 0.3 is 0 Å². The summed E-state index contributed by atoms with van der Waals surface area (Å²) in [4.78, 5) is 8.85. The van der Waals surface area contributed by atoms with E-state index in [4.69, 9.17) is 22.1 Å². The molecule has 0 unspecified atom stereocenters. The summed E-state index contributed by atoms with van der Waals surface area (Å²) >= 11 is 6.11. The first-order valence-corrected chi connectivity index (χ1v) is 10.1. The minimum Gasteiger partial charge on any atom is -0.495 e. The van der Waals surface area contributed by atoms with Gasteiger partial charge in [0.25, 0.3) is 0 Å². The van der Waals surface area contributed by atoms with Crippen molar-refractivity contribution in [1.82, 2.24) is 4.90 Å². The van der Waals surface area contributed by atoms with Crippen molar-refractivity contribution < 1.29 is 9.13 Å². The first-order valence-electron chi connectivity index (χ1n) is 9.69. The van der Waals surface area contributed by atoms with Gasteiger partial charge in [-0.3, -0.25) is 9.89 Å². The number of guanidine groups is 1. The van der Waals surface area contributed by atoms with Gasteiger partial charge in [-0.25, -0.2) is 4.39 Å². The molecule has 0 aliphatic carbocycles. The van der Waals surface area contributed by atoms with Crippen LogP contribution in [0.3, 0.4) is 0 Å². The first-order chi connectivity index (χ1) is 14.1. The quantitative estimate of drug-likeness (QED) is 0.409. The van der Waals surface area contributed by atoms with Crippen molar-refractivity contribution in [1.29, 1.82) is 0 Å². The Balaban J connectivity index is 1.38. The number of rotatable bonds is 7. The van der Waals surface area contributed by atoms with Gasteiger partial charge in [0.2, 0.25) is 0 Å². The summed E-state index contributed by atoms with van der Waals surface area (Å²) in [5.74, 6) is 0.815. The summed E-state index contributed by atoms with van der Waals surface area (Å²) in [6.45, 7) is 5.05. The third-order valence-corrected chi connectivity index (χ3v) is 5.20. The molecule has 1 heterocycles. The zero-order valence-electron chi connectivity index (χ0n) is 16.6. The zero-order valence-corrected chi connectivity index (χ0v) is 17.3. The summed E-state index contributed by atoms with van der Waals surface area (Å²) in [5, 5.41) is 3.55. The Morgan fingerprint density at radius 1 is 1.21 bits per heavy atom. The number of benzene rings is 2. The first kappa shape index (κ1) is 21.2. The maximum absolute atomic E-state index is 13.9. The van der Waals surface area contributed by atoms with E-state index in [0.717, 1.165) is 44.8 Å². The number of halogens is 2. The number of hydrogen-bond donors (Lipinski definition) is 2. The SMILES string of the molecule is COc1ccc(NC(N)=NCCCN2CCN(c3ccccc3F)CC2)cc1Cl. The molecule has 8 heteroatoms. The fourth-order valence-corrected chi connectivity index (χ4v) is 3.60. The number of piperazine rings is 1. The van der Waals surface area contributed by atoms with Gasteiger partial charge in [0.1, 0.15) is 11.6 Å². The Morgan fingerprint density at radius 2 is 1.97 bits per heavy atom. The molecule has 0 radical (unpaired) electrons. The number of aliphatic imine (C=N–C) groups is 1. The lowest BCUT2D eigenvalue weighted by Gasteiger charge is -2.36. The Morgan fingerprint density at radius 3 is 2.66 bits per heavy atom. The fraction of sp³-hybridized carbons (Fsp3) is 0.381. The van der Waals surface area contributed by atoms with E-state index in [0.29, 0.717) is 29.0 Å². The minimum atomic E-state index is -0.156. The highest BCUT2D eigenvalue weighted by atomic mass is 35.5. The maximum atomic E-state index is 13.9. The summed E-state index contributed by atoms with van der Waals surface area (Å²) in [6, 6.07) is 12.3. The lowest BCUT2D eigenvalue weighted by atomic mass is 10.2. The molecule has 0 atom stereocenters. The third kappa shape index (κ3) is 5.98. The van der Waals surface area contributed by atoms with Crippen LogP contribution >= 0.6 is 11.6 Å². The Hall–Kier alpha value is -2.51. The van der Waals surface area contributed by atoms with Crippen LogP contribution in [0.2, 0.25) is 5.02 Å². The molecule has 0 amide bonds. The van der Waals surface area contributed by atoms with Crippen LogP contribution in [0.15, 0.2) is 47.5 Å². The number of para-hydroxylation sites is 1. The number of nitrogens with two attached hydrogens (primary N) is 1. The molecule has 6 nitrogen and oxygen atoms in total. The Labute approximate surface area is 176 Å². The van der Waals surface area contributed by atoms with E-state index in [1.165, 1.54) is 6.07 Å². The standard InChI is InChI=1S/C21H27ClFN5O/c1-29-20-8-7-16(15-17(20)22)26-21(24)25-9-4-10-27-11-13-28(14-12-27)19-6-3-2-5-18(19)23/h2-3,5-8,15H,4,9-14H2,1H3,(H3,24,25,26). The number of methoxy groups -OCH3 is 1. The van der Waals surface area contributed by atoms with Crippen molar-refractivity contribution in [2.75, 3.05) is 56.6 Å². The van der Waals surface area contributed by atoms with E-state index < -0.39 is 0 Å². The predicted molar refractivity (Wildman–Crippen MR) is 118 cm³/mol. The number of ether oxygens (including phenoxy) is 1. The van der Waals surface area contributed by atoms with Crippen LogP contribution in [0.5, 0.6) is 5.75 Å². The normalized spacial score (nSPS) is 15.4. The maximum Gasteiger partial charge on any atom is 0.193 e. The van der Waals surface area contributed by atoms with Crippen molar-refractivity contribution >= 4 is 28.9 Å². The van der Waals surface area contributed by atoms with Gasteiger partial charge in [0, 0.05) is 45.0 Å². The van der Waals surface area contributed by atoms with Crippen LogP contribution in [0.1, 0.15) is 6.42 Å². The minimum absolute atomic E-state index is 0.156. The van der Waals surface area contributed by atoms with Crippen LogP contribution in [0.25, 0.3) is 0 Å². The molecule has 0 spiro atoms. The van der Waals surface area contributed by atoms with E-state index >= 15 is 0 Å². The largest absolute Gasteiger partial charge is 0.495 e. The van der Waals surface area contributed by atoms with Crippen LogP contribution in [-0.4, -0.2) is 57.2 Å². The van der Waals surface area contributed by atoms with Gasteiger partial charge < -0.3 is 20.7 Å². The van der Waals surface area contributed by atoms with E-state index in [9.17, 15) is 4.39 Å². The van der Waals surface area contributed by atoms with Crippen molar-refractivity contribution in [2.45, 2.75) is 6.42 Å². The van der Waals surface area contributed by atoms with Gasteiger partial charge in [-0.2, -0.15) is 0 Å². The monoisotopic (exact) mass is 419 g/mol. The Bertz CT molecular complexity index is 840. The molecular formula is C21H27ClFN5O. The highest BCUT2D eigenvalue weighted by molar-refractivity contribution is 6.32. The van der Waals surface area contributed by atoms with E-state index in [-0.39, 0.29) is 5.82 Å². The molecule has 0 bridgehead atoms. The molecule has 29 heavy (non-hydrogen) atoms. The number of anilines is 2. The lowest BCUT2D eigenvalue weighted by molar-refractivity contribution is 0.256. The van der Waals surface area contributed by atoms with Gasteiger partial charge in [-0.15, -0.1) is 0 Å². The molecular weight excluding hydrogens is 393 g/mol. The smallest absolute Gasteiger partial charge is 0.193 e. The zero-order chi connectivity index (χ0) is 20.6. The molecule has 1 aliphatic rings. The topological polar surface area (TPSA) is 66.1 Å². The highest BCUT2D eigenvalue weighted by Crippen LogP contribution is 2.27. The Kier molecular flexibility index (Phi) is 7.55. The van der Waals surface area contributed by atoms with Crippen molar-refractivity contribution in [3.63, 3.8) is 0 Å². The molecule has 0 saturated carbocycles. The summed E-state index contributed by atoms with van der Waals surface area (Å²) in [5.41, 5.74) is 7.41. The predicted octanol–water partition coefficient (Wildman–Crippen LogP) is 3.43. The van der Waals surface area contributed by atoms with Gasteiger partial charge in [0.05, 0.1) is 17.8 Å². The molecule has 1 aliphatic heterocycles. The molecule has 3 N–H and O–H groups in total. The lowest BCUT2D eigenvalue weighted by Crippen LogP contribution is -2.47. The van der Waals surface area contributed by atoms with Gasteiger partial charge in [0.15, 0.2) is 5.96 Å². The molecule has 3 rings (SSSR count). The second kappa shape index (κ2) is 10.3.